The van der Waals surface area contributed by atoms with Gasteiger partial charge in [0, 0.05) is 17.1 Å². The van der Waals surface area contributed by atoms with Gasteiger partial charge in [0.1, 0.15) is 0 Å². The van der Waals surface area contributed by atoms with Gasteiger partial charge in [-0.05, 0) is 19.1 Å². The van der Waals surface area contributed by atoms with Crippen LogP contribution in [0, 0.1) is 10.9 Å². The first-order valence-electron chi connectivity index (χ1n) is 4.19. The third kappa shape index (κ3) is 3.21. The molecule has 4 nitrogen and oxygen atoms in total. The molecule has 0 unspecified atom stereocenters. The van der Waals surface area contributed by atoms with E-state index in [1.54, 1.807) is 0 Å². The van der Waals surface area contributed by atoms with Crippen LogP contribution in [0.15, 0.2) is 0 Å². The highest BCUT2D eigenvalue weighted by molar-refractivity contribution is 7.73. The summed E-state index contributed by atoms with van der Waals surface area (Å²) in [4.78, 5) is 15.2. The molecular formula is C8H12N2O2S2. The number of nitrogens with one attached hydrogen (secondary N) is 2. The zero-order valence-corrected chi connectivity index (χ0v) is 9.43. The third-order valence-electron chi connectivity index (χ3n) is 1.68. The van der Waals surface area contributed by atoms with E-state index < -0.39 is 0 Å². The molecule has 14 heavy (non-hydrogen) atoms. The summed E-state index contributed by atoms with van der Waals surface area (Å²) >= 11 is 6.36. The quantitative estimate of drug-likeness (QED) is 0.672. The van der Waals surface area contributed by atoms with Gasteiger partial charge in [-0.2, -0.15) is 0 Å². The van der Waals surface area contributed by atoms with Crippen LogP contribution in [0.3, 0.4) is 0 Å². The summed E-state index contributed by atoms with van der Waals surface area (Å²) in [6.07, 6.45) is 0.323. The molecule has 1 rings (SSSR count). The molecule has 3 N–H and O–H groups in total. The van der Waals surface area contributed by atoms with E-state index in [1.165, 1.54) is 11.3 Å². The van der Waals surface area contributed by atoms with Crippen LogP contribution in [0.5, 0.6) is 0 Å². The number of H-pyrrole nitrogens is 1. The van der Waals surface area contributed by atoms with Crippen molar-refractivity contribution < 1.29 is 9.90 Å². The van der Waals surface area contributed by atoms with E-state index in [2.05, 4.69) is 10.3 Å². The second kappa shape index (κ2) is 5.23. The van der Waals surface area contributed by atoms with Crippen LogP contribution in [0.4, 0.5) is 0 Å². The molecule has 0 aromatic carbocycles. The van der Waals surface area contributed by atoms with E-state index in [0.29, 0.717) is 16.9 Å². The zero-order chi connectivity index (χ0) is 10.6. The molecule has 0 aliphatic heterocycles. The van der Waals surface area contributed by atoms with Crippen molar-refractivity contribution in [3.63, 3.8) is 0 Å². The molecule has 0 fully saturated rings. The van der Waals surface area contributed by atoms with E-state index in [9.17, 15) is 4.79 Å². The Hall–Kier alpha value is -0.720. The van der Waals surface area contributed by atoms with E-state index in [-0.39, 0.29) is 12.5 Å². The lowest BCUT2D eigenvalue weighted by Gasteiger charge is -2.01. The molecule has 0 bridgehead atoms. The molecule has 1 aromatic heterocycles. The fraction of sp³-hybridized carbons (Fsp3) is 0.500. The molecule has 0 atom stereocenters. The molecule has 0 radical (unpaired) electrons. The highest BCUT2D eigenvalue weighted by Crippen LogP contribution is 2.14. The lowest BCUT2D eigenvalue weighted by molar-refractivity contribution is -0.120. The molecule has 1 heterocycles. The van der Waals surface area contributed by atoms with Crippen LogP contribution in [-0.4, -0.2) is 29.1 Å². The van der Waals surface area contributed by atoms with Gasteiger partial charge in [-0.25, -0.2) is 0 Å². The lowest BCUT2D eigenvalue weighted by atomic mass is 10.3. The van der Waals surface area contributed by atoms with Crippen LogP contribution in [0.25, 0.3) is 0 Å². The van der Waals surface area contributed by atoms with Gasteiger partial charge < -0.3 is 15.4 Å². The number of amides is 1. The van der Waals surface area contributed by atoms with Crippen molar-refractivity contribution in [2.75, 3.05) is 13.2 Å². The fourth-order valence-corrected chi connectivity index (χ4v) is 2.30. The van der Waals surface area contributed by atoms with E-state index >= 15 is 0 Å². The van der Waals surface area contributed by atoms with E-state index in [1.807, 2.05) is 6.92 Å². The van der Waals surface area contributed by atoms with Crippen LogP contribution in [-0.2, 0) is 11.2 Å². The topological polar surface area (TPSA) is 65.1 Å². The Kier molecular flexibility index (Phi) is 4.24. The minimum Gasteiger partial charge on any atom is -0.395 e. The standard InChI is InChI=1S/C8H12N2O2S2/c1-5-6(14-8(13)10-5)4-7(12)9-2-3-11/h11H,2-4H2,1H3,(H,9,12)(H,10,13). The average molecular weight is 232 g/mol. The van der Waals surface area contributed by atoms with Gasteiger partial charge in [0.25, 0.3) is 0 Å². The number of hydrogen-bond donors (Lipinski definition) is 3. The Morgan fingerprint density at radius 3 is 2.93 bits per heavy atom. The Morgan fingerprint density at radius 2 is 2.43 bits per heavy atom. The van der Waals surface area contributed by atoms with Gasteiger partial charge in [-0.3, -0.25) is 4.79 Å². The van der Waals surface area contributed by atoms with Crippen LogP contribution in [0.1, 0.15) is 10.6 Å². The number of carbonyl (C=O) groups excluding carboxylic acids is 1. The van der Waals surface area contributed by atoms with Gasteiger partial charge in [0.15, 0.2) is 3.95 Å². The summed E-state index contributed by atoms with van der Waals surface area (Å²) in [7, 11) is 0. The first kappa shape index (κ1) is 11.4. The predicted octanol–water partition coefficient (Wildman–Crippen LogP) is 0.765. The lowest BCUT2D eigenvalue weighted by Crippen LogP contribution is -2.27. The highest BCUT2D eigenvalue weighted by Gasteiger charge is 2.07. The summed E-state index contributed by atoms with van der Waals surface area (Å²) < 4.78 is 0.687. The van der Waals surface area contributed by atoms with Crippen molar-refractivity contribution >= 4 is 29.5 Å². The minimum absolute atomic E-state index is 0.0342. The second-order valence-electron chi connectivity index (χ2n) is 2.81. The van der Waals surface area contributed by atoms with E-state index in [0.717, 1.165) is 10.6 Å². The molecule has 0 aliphatic rings. The molecule has 1 amide bonds. The SMILES string of the molecule is Cc1[nH]c(=S)sc1CC(=O)NCCO. The molecule has 1 aromatic rings. The summed E-state index contributed by atoms with van der Waals surface area (Å²) in [5, 5.41) is 11.1. The summed E-state index contributed by atoms with van der Waals surface area (Å²) in [6, 6.07) is 0. The first-order valence-corrected chi connectivity index (χ1v) is 5.42. The van der Waals surface area contributed by atoms with Gasteiger partial charge in [-0.15, -0.1) is 11.3 Å². The zero-order valence-electron chi connectivity index (χ0n) is 7.79. The normalized spacial score (nSPS) is 10.1. The number of aromatic nitrogens is 1. The highest BCUT2D eigenvalue weighted by atomic mass is 32.1. The molecule has 78 valence electrons. The fourth-order valence-electron chi connectivity index (χ4n) is 1.01. The van der Waals surface area contributed by atoms with Crippen LogP contribution in [0.2, 0.25) is 0 Å². The monoisotopic (exact) mass is 232 g/mol. The van der Waals surface area contributed by atoms with Crippen molar-refractivity contribution in [3.8, 4) is 0 Å². The molecular weight excluding hydrogens is 220 g/mol. The van der Waals surface area contributed by atoms with Gasteiger partial charge in [0.2, 0.25) is 5.91 Å². The third-order valence-corrected chi connectivity index (χ3v) is 3.02. The number of rotatable bonds is 4. The predicted molar refractivity (Wildman–Crippen MR) is 58.0 cm³/mol. The smallest absolute Gasteiger partial charge is 0.225 e. The largest absolute Gasteiger partial charge is 0.395 e. The van der Waals surface area contributed by atoms with Crippen LogP contribution < -0.4 is 5.32 Å². The second-order valence-corrected chi connectivity index (χ2v) is 4.58. The Morgan fingerprint density at radius 1 is 1.71 bits per heavy atom. The molecule has 6 heteroatoms. The number of carbonyl (C=O) groups is 1. The number of aliphatic hydroxyl groups excluding tert-OH is 1. The molecule has 0 saturated carbocycles. The average Bonchev–Trinajstić information content (AvgIpc) is 2.42. The maximum atomic E-state index is 11.3. The van der Waals surface area contributed by atoms with Crippen molar-refractivity contribution in [3.05, 3.63) is 14.5 Å². The van der Waals surface area contributed by atoms with Crippen molar-refractivity contribution in [1.29, 1.82) is 0 Å². The van der Waals surface area contributed by atoms with E-state index in [4.69, 9.17) is 17.3 Å². The summed E-state index contributed by atoms with van der Waals surface area (Å²) in [5.41, 5.74) is 0.944. The number of aliphatic hydroxyl groups is 1. The summed E-state index contributed by atoms with van der Waals surface area (Å²) in [5.74, 6) is -0.0904. The van der Waals surface area contributed by atoms with Gasteiger partial charge >= 0.3 is 0 Å². The van der Waals surface area contributed by atoms with Crippen molar-refractivity contribution in [2.45, 2.75) is 13.3 Å². The summed E-state index contributed by atoms with van der Waals surface area (Å²) in [6.45, 7) is 2.15. The Bertz CT molecular complexity index is 370. The molecule has 0 aliphatic carbocycles. The number of aryl methyl sites for hydroxylation is 1. The maximum absolute atomic E-state index is 11.3. The Balaban J connectivity index is 2.56. The van der Waals surface area contributed by atoms with Crippen molar-refractivity contribution in [2.24, 2.45) is 0 Å². The minimum atomic E-state index is -0.0904. The number of hydrogen-bond acceptors (Lipinski definition) is 4. The Labute approximate surface area is 91.0 Å². The first-order chi connectivity index (χ1) is 6.63. The maximum Gasteiger partial charge on any atom is 0.225 e. The number of aromatic amines is 1. The van der Waals surface area contributed by atoms with Gasteiger partial charge in [-0.1, -0.05) is 0 Å². The molecule has 0 spiro atoms. The van der Waals surface area contributed by atoms with Crippen molar-refractivity contribution in [1.82, 2.24) is 10.3 Å². The van der Waals surface area contributed by atoms with Crippen LogP contribution >= 0.6 is 23.6 Å². The van der Waals surface area contributed by atoms with Gasteiger partial charge in [0.05, 0.1) is 13.0 Å². The molecule has 0 saturated heterocycles. The number of thiazole rings is 1.